The van der Waals surface area contributed by atoms with Crippen molar-refractivity contribution in [3.8, 4) is 0 Å². The monoisotopic (exact) mass is 322 g/mol. The van der Waals surface area contributed by atoms with E-state index in [1.54, 1.807) is 17.4 Å². The molecule has 2 aromatic carbocycles. The molecule has 3 aromatic rings. The number of thiazole rings is 1. The Kier molecular flexibility index (Phi) is 3.83. The lowest BCUT2D eigenvalue weighted by Gasteiger charge is -2.13. The summed E-state index contributed by atoms with van der Waals surface area (Å²) in [7, 11) is 0. The maximum Gasteiger partial charge on any atom is 0.116 e. The highest BCUT2D eigenvalue weighted by atomic mass is 35.5. The zero-order valence-electron chi connectivity index (χ0n) is 10.7. The van der Waals surface area contributed by atoms with Crippen molar-refractivity contribution in [3.05, 3.63) is 57.5 Å². The third-order valence-electron chi connectivity index (χ3n) is 2.93. The summed E-state index contributed by atoms with van der Waals surface area (Å²) < 4.78 is 1.19. The summed E-state index contributed by atoms with van der Waals surface area (Å²) in [6.45, 7) is 2.08. The van der Waals surface area contributed by atoms with Crippen LogP contribution in [0.3, 0.4) is 0 Å². The molecule has 0 amide bonds. The second-order valence-electron chi connectivity index (χ2n) is 4.54. The molecule has 1 unspecified atom stereocenters. The number of rotatable bonds is 3. The van der Waals surface area contributed by atoms with Crippen LogP contribution in [0.5, 0.6) is 0 Å². The molecule has 3 rings (SSSR count). The normalized spacial score (nSPS) is 12.6. The van der Waals surface area contributed by atoms with Gasteiger partial charge in [0.25, 0.3) is 0 Å². The Hall–Kier alpha value is -1.29. The van der Waals surface area contributed by atoms with Gasteiger partial charge in [0.15, 0.2) is 0 Å². The number of benzene rings is 2. The van der Waals surface area contributed by atoms with Crippen LogP contribution in [-0.4, -0.2) is 4.98 Å². The second-order valence-corrected chi connectivity index (χ2v) is 6.48. The van der Waals surface area contributed by atoms with Crippen molar-refractivity contribution in [3.63, 3.8) is 0 Å². The number of hydrogen-bond donors (Lipinski definition) is 1. The van der Waals surface area contributed by atoms with Gasteiger partial charge in [-0.1, -0.05) is 35.3 Å². The predicted molar refractivity (Wildman–Crippen MR) is 88.1 cm³/mol. The molecule has 1 aromatic heterocycles. The number of anilines is 1. The molecule has 1 heterocycles. The first-order chi connectivity index (χ1) is 9.61. The number of aromatic nitrogens is 1. The average Bonchev–Trinajstić information content (AvgIpc) is 2.81. The molecule has 0 spiro atoms. The minimum atomic E-state index is 0.0990. The Bertz CT molecular complexity index is 701. The van der Waals surface area contributed by atoms with Gasteiger partial charge in [-0.15, -0.1) is 11.3 Å². The Morgan fingerprint density at radius 3 is 2.50 bits per heavy atom. The SMILES string of the molecule is CC(Nc1cc(Cl)cc(Cl)c1)c1nc2ccccc2s1. The molecule has 20 heavy (non-hydrogen) atoms. The van der Waals surface area contributed by atoms with E-state index >= 15 is 0 Å². The summed E-state index contributed by atoms with van der Waals surface area (Å²) in [5.74, 6) is 0. The van der Waals surface area contributed by atoms with Gasteiger partial charge in [-0.3, -0.25) is 0 Å². The largest absolute Gasteiger partial charge is 0.376 e. The molecular formula is C15H12Cl2N2S. The highest BCUT2D eigenvalue weighted by Crippen LogP contribution is 2.30. The zero-order chi connectivity index (χ0) is 14.1. The van der Waals surface area contributed by atoms with Gasteiger partial charge in [0.1, 0.15) is 5.01 Å². The van der Waals surface area contributed by atoms with Crippen LogP contribution in [0.15, 0.2) is 42.5 Å². The second kappa shape index (κ2) is 5.60. The first-order valence-electron chi connectivity index (χ1n) is 6.20. The number of halogens is 2. The molecule has 5 heteroatoms. The van der Waals surface area contributed by atoms with Crippen LogP contribution < -0.4 is 5.32 Å². The van der Waals surface area contributed by atoms with Gasteiger partial charge in [-0.05, 0) is 37.3 Å². The van der Waals surface area contributed by atoms with Gasteiger partial charge in [-0.25, -0.2) is 4.98 Å². The summed E-state index contributed by atoms with van der Waals surface area (Å²) in [4.78, 5) is 4.64. The third-order valence-corrected chi connectivity index (χ3v) is 4.58. The molecule has 0 radical (unpaired) electrons. The topological polar surface area (TPSA) is 24.9 Å². The minimum Gasteiger partial charge on any atom is -0.376 e. The van der Waals surface area contributed by atoms with E-state index in [2.05, 4.69) is 23.3 Å². The molecular weight excluding hydrogens is 311 g/mol. The number of para-hydroxylation sites is 1. The number of nitrogens with one attached hydrogen (secondary N) is 1. The summed E-state index contributed by atoms with van der Waals surface area (Å²) in [6, 6.07) is 13.7. The minimum absolute atomic E-state index is 0.0990. The fourth-order valence-electron chi connectivity index (χ4n) is 2.02. The molecule has 0 aliphatic heterocycles. The smallest absolute Gasteiger partial charge is 0.116 e. The highest BCUT2D eigenvalue weighted by Gasteiger charge is 2.11. The third kappa shape index (κ3) is 2.90. The molecule has 2 nitrogen and oxygen atoms in total. The van der Waals surface area contributed by atoms with Gasteiger partial charge in [0, 0.05) is 15.7 Å². The Morgan fingerprint density at radius 2 is 1.80 bits per heavy atom. The Balaban J connectivity index is 1.86. The van der Waals surface area contributed by atoms with Crippen LogP contribution in [0.2, 0.25) is 10.0 Å². The summed E-state index contributed by atoms with van der Waals surface area (Å²) >= 11 is 13.7. The van der Waals surface area contributed by atoms with E-state index in [-0.39, 0.29) is 6.04 Å². The molecule has 0 aliphatic carbocycles. The van der Waals surface area contributed by atoms with E-state index in [4.69, 9.17) is 23.2 Å². The van der Waals surface area contributed by atoms with E-state index in [1.807, 2.05) is 30.3 Å². The summed E-state index contributed by atoms with van der Waals surface area (Å²) in [6.07, 6.45) is 0. The molecule has 0 fully saturated rings. The van der Waals surface area contributed by atoms with Crippen LogP contribution in [-0.2, 0) is 0 Å². The highest BCUT2D eigenvalue weighted by molar-refractivity contribution is 7.18. The van der Waals surface area contributed by atoms with E-state index in [0.717, 1.165) is 16.2 Å². The quantitative estimate of drug-likeness (QED) is 0.661. The molecule has 0 aliphatic rings. The standard InChI is InChI=1S/C15H12Cl2N2S/c1-9(18-12-7-10(16)6-11(17)8-12)15-19-13-4-2-3-5-14(13)20-15/h2-9,18H,1H3. The predicted octanol–water partition coefficient (Wildman–Crippen LogP) is 5.78. The maximum absolute atomic E-state index is 6.01. The lowest BCUT2D eigenvalue weighted by molar-refractivity contribution is 0.874. The lowest BCUT2D eigenvalue weighted by Crippen LogP contribution is -2.06. The van der Waals surface area contributed by atoms with Crippen molar-refractivity contribution in [2.24, 2.45) is 0 Å². The van der Waals surface area contributed by atoms with Crippen LogP contribution in [0.25, 0.3) is 10.2 Å². The van der Waals surface area contributed by atoms with Crippen molar-refractivity contribution >= 4 is 50.4 Å². The van der Waals surface area contributed by atoms with E-state index in [0.29, 0.717) is 10.0 Å². The van der Waals surface area contributed by atoms with Gasteiger partial charge in [-0.2, -0.15) is 0 Å². The molecule has 0 bridgehead atoms. The van der Waals surface area contributed by atoms with Crippen LogP contribution >= 0.6 is 34.5 Å². The van der Waals surface area contributed by atoms with Gasteiger partial charge < -0.3 is 5.32 Å². The van der Waals surface area contributed by atoms with Crippen molar-refractivity contribution < 1.29 is 0 Å². The first-order valence-corrected chi connectivity index (χ1v) is 7.77. The molecule has 1 N–H and O–H groups in total. The Morgan fingerprint density at radius 1 is 1.10 bits per heavy atom. The van der Waals surface area contributed by atoms with Crippen LogP contribution in [0.1, 0.15) is 18.0 Å². The maximum atomic E-state index is 6.01. The van der Waals surface area contributed by atoms with Gasteiger partial charge in [0.2, 0.25) is 0 Å². The fraction of sp³-hybridized carbons (Fsp3) is 0.133. The van der Waals surface area contributed by atoms with Crippen LogP contribution in [0.4, 0.5) is 5.69 Å². The van der Waals surface area contributed by atoms with Crippen molar-refractivity contribution in [2.45, 2.75) is 13.0 Å². The number of fused-ring (bicyclic) bond motifs is 1. The van der Waals surface area contributed by atoms with Crippen molar-refractivity contribution in [1.29, 1.82) is 0 Å². The fourth-order valence-corrected chi connectivity index (χ4v) is 3.52. The molecule has 0 saturated heterocycles. The van der Waals surface area contributed by atoms with Crippen LogP contribution in [0, 0.1) is 0 Å². The Labute approximate surface area is 131 Å². The van der Waals surface area contributed by atoms with E-state index < -0.39 is 0 Å². The molecule has 1 atom stereocenters. The number of hydrogen-bond acceptors (Lipinski definition) is 3. The lowest BCUT2D eigenvalue weighted by atomic mass is 10.2. The van der Waals surface area contributed by atoms with Crippen molar-refractivity contribution in [1.82, 2.24) is 4.98 Å². The average molecular weight is 323 g/mol. The van der Waals surface area contributed by atoms with Crippen molar-refractivity contribution in [2.75, 3.05) is 5.32 Å². The molecule has 102 valence electrons. The summed E-state index contributed by atoms with van der Waals surface area (Å²) in [5, 5.41) is 5.67. The van der Waals surface area contributed by atoms with E-state index in [1.165, 1.54) is 4.70 Å². The first kappa shape index (κ1) is 13.7. The van der Waals surface area contributed by atoms with E-state index in [9.17, 15) is 0 Å². The van der Waals surface area contributed by atoms with Gasteiger partial charge >= 0.3 is 0 Å². The zero-order valence-corrected chi connectivity index (χ0v) is 13.1. The van der Waals surface area contributed by atoms with Gasteiger partial charge in [0.05, 0.1) is 16.3 Å². The number of nitrogens with zero attached hydrogens (tertiary/aromatic N) is 1. The summed E-state index contributed by atoms with van der Waals surface area (Å²) in [5.41, 5.74) is 1.93. The molecule has 0 saturated carbocycles.